The lowest BCUT2D eigenvalue weighted by molar-refractivity contribution is 1.04. The zero-order chi connectivity index (χ0) is 9.14. The maximum Gasteiger partial charge on any atom is 0.0452 e. The summed E-state index contributed by atoms with van der Waals surface area (Å²) in [5.41, 5.74) is 4.84. The van der Waals surface area contributed by atoms with Crippen LogP contribution in [0.1, 0.15) is 29.4 Å². The van der Waals surface area contributed by atoms with Crippen molar-refractivity contribution in [3.8, 4) is 0 Å². The molecule has 1 rings (SSSR count). The summed E-state index contributed by atoms with van der Waals surface area (Å²) in [7, 11) is 0. The van der Waals surface area contributed by atoms with Crippen molar-refractivity contribution in [2.75, 3.05) is 0 Å². The lowest BCUT2D eigenvalue weighted by Gasteiger charge is -1.93. The van der Waals surface area contributed by atoms with Crippen LogP contribution in [-0.4, -0.2) is 4.98 Å². The lowest BCUT2D eigenvalue weighted by Crippen LogP contribution is -1.81. The first-order valence-corrected chi connectivity index (χ1v) is 4.20. The van der Waals surface area contributed by atoms with Crippen LogP contribution < -0.4 is 0 Å². The van der Waals surface area contributed by atoms with E-state index in [1.54, 1.807) is 0 Å². The minimum atomic E-state index is 1.03. The monoisotopic (exact) mass is 161 g/mol. The van der Waals surface area contributed by atoms with Gasteiger partial charge in [-0.3, -0.25) is 0 Å². The molecule has 0 fully saturated rings. The number of aryl methyl sites for hydroxylation is 1. The molecular weight excluding hydrogens is 146 g/mol. The largest absolute Gasteiger partial charge is 0.358 e. The molecule has 0 saturated heterocycles. The summed E-state index contributed by atoms with van der Waals surface area (Å²) in [5.74, 6) is 0. The molecular formula is C11H15N. The highest BCUT2D eigenvalue weighted by molar-refractivity contribution is 5.65. The summed E-state index contributed by atoms with van der Waals surface area (Å²) in [6.07, 6.45) is 4.74. The highest BCUT2D eigenvalue weighted by Gasteiger charge is 2.06. The van der Waals surface area contributed by atoms with Gasteiger partial charge < -0.3 is 4.98 Å². The van der Waals surface area contributed by atoms with E-state index in [4.69, 9.17) is 0 Å². The number of hydrogen-bond acceptors (Lipinski definition) is 0. The fourth-order valence-electron chi connectivity index (χ4n) is 1.47. The second-order valence-electron chi connectivity index (χ2n) is 2.82. The van der Waals surface area contributed by atoms with Gasteiger partial charge in [0.1, 0.15) is 0 Å². The summed E-state index contributed by atoms with van der Waals surface area (Å²) in [5, 5.41) is 0. The second-order valence-corrected chi connectivity index (χ2v) is 2.82. The minimum Gasteiger partial charge on any atom is -0.358 e. The van der Waals surface area contributed by atoms with Crippen LogP contribution in [0.3, 0.4) is 0 Å². The molecule has 1 heteroatoms. The predicted octanol–water partition coefficient (Wildman–Crippen LogP) is 3.17. The molecule has 0 aliphatic rings. The molecule has 0 bridgehead atoms. The number of nitrogens with one attached hydrogen (secondary N) is 1. The Morgan fingerprint density at radius 1 is 1.33 bits per heavy atom. The fourth-order valence-corrected chi connectivity index (χ4v) is 1.47. The first-order chi connectivity index (χ1) is 5.74. The van der Waals surface area contributed by atoms with E-state index in [2.05, 4.69) is 32.0 Å². The van der Waals surface area contributed by atoms with Crippen LogP contribution in [0, 0.1) is 6.92 Å². The van der Waals surface area contributed by atoms with Crippen molar-refractivity contribution >= 4 is 12.2 Å². The number of rotatable bonds is 3. The number of H-pyrrole nitrogens is 1. The van der Waals surface area contributed by atoms with Crippen molar-refractivity contribution in [3.63, 3.8) is 0 Å². The Bertz CT molecular complexity index is 305. The molecule has 0 unspecified atom stereocenters. The third-order valence-corrected chi connectivity index (χ3v) is 2.19. The van der Waals surface area contributed by atoms with Gasteiger partial charge in [-0.15, -0.1) is 0 Å². The van der Waals surface area contributed by atoms with Crippen LogP contribution in [0.15, 0.2) is 13.2 Å². The molecule has 0 spiro atoms. The quantitative estimate of drug-likeness (QED) is 0.700. The fraction of sp³-hybridized carbons (Fsp3) is 0.273. The molecule has 0 atom stereocenters. The molecule has 0 aliphatic heterocycles. The summed E-state index contributed by atoms with van der Waals surface area (Å²) < 4.78 is 0. The lowest BCUT2D eigenvalue weighted by atomic mass is 10.1. The molecule has 0 aromatic carbocycles. The summed E-state index contributed by atoms with van der Waals surface area (Å²) in [6, 6.07) is 0. The number of aromatic amines is 1. The van der Waals surface area contributed by atoms with E-state index in [0.717, 1.165) is 12.1 Å². The van der Waals surface area contributed by atoms with Gasteiger partial charge in [-0.05, 0) is 25.0 Å². The smallest absolute Gasteiger partial charge is 0.0452 e. The van der Waals surface area contributed by atoms with Gasteiger partial charge in [0, 0.05) is 17.0 Å². The summed E-state index contributed by atoms with van der Waals surface area (Å²) in [4.78, 5) is 3.31. The van der Waals surface area contributed by atoms with E-state index in [1.807, 2.05) is 12.2 Å². The average Bonchev–Trinajstić information content (AvgIpc) is 2.41. The first-order valence-electron chi connectivity index (χ1n) is 4.20. The average molecular weight is 161 g/mol. The van der Waals surface area contributed by atoms with Crippen molar-refractivity contribution in [1.82, 2.24) is 4.98 Å². The van der Waals surface area contributed by atoms with Crippen molar-refractivity contribution in [1.29, 1.82) is 0 Å². The topological polar surface area (TPSA) is 15.8 Å². The van der Waals surface area contributed by atoms with Gasteiger partial charge in [0.2, 0.25) is 0 Å². The zero-order valence-electron chi connectivity index (χ0n) is 7.78. The highest BCUT2D eigenvalue weighted by atomic mass is 14.7. The van der Waals surface area contributed by atoms with Gasteiger partial charge in [0.05, 0.1) is 0 Å². The van der Waals surface area contributed by atoms with Gasteiger partial charge >= 0.3 is 0 Å². The predicted molar refractivity (Wildman–Crippen MR) is 55.1 cm³/mol. The van der Waals surface area contributed by atoms with Crippen molar-refractivity contribution in [3.05, 3.63) is 35.7 Å². The van der Waals surface area contributed by atoms with E-state index in [0.29, 0.717) is 0 Å². The maximum atomic E-state index is 3.78. The van der Waals surface area contributed by atoms with Crippen molar-refractivity contribution in [2.45, 2.75) is 20.3 Å². The minimum absolute atomic E-state index is 1.03. The first kappa shape index (κ1) is 8.85. The third kappa shape index (κ3) is 1.22. The summed E-state index contributed by atoms with van der Waals surface area (Å²) in [6.45, 7) is 11.8. The molecule has 0 radical (unpaired) electrons. The maximum absolute atomic E-state index is 3.78. The molecule has 0 aliphatic carbocycles. The van der Waals surface area contributed by atoms with E-state index in [-0.39, 0.29) is 0 Å². The zero-order valence-corrected chi connectivity index (χ0v) is 7.78. The molecule has 0 saturated carbocycles. The van der Waals surface area contributed by atoms with Gasteiger partial charge in [0.25, 0.3) is 0 Å². The van der Waals surface area contributed by atoms with Crippen LogP contribution in [-0.2, 0) is 6.42 Å². The molecule has 1 heterocycles. The Labute approximate surface area is 73.8 Å². The molecule has 1 aromatic heterocycles. The second kappa shape index (κ2) is 3.44. The van der Waals surface area contributed by atoms with E-state index >= 15 is 0 Å². The Kier molecular flexibility index (Phi) is 2.54. The van der Waals surface area contributed by atoms with Crippen molar-refractivity contribution in [2.24, 2.45) is 0 Å². The summed E-state index contributed by atoms with van der Waals surface area (Å²) >= 11 is 0. The SMILES string of the molecule is C=Cc1[nH]c(CC)c(C)c1C=C. The Balaban J connectivity index is 3.31. The highest BCUT2D eigenvalue weighted by Crippen LogP contribution is 2.20. The van der Waals surface area contributed by atoms with Gasteiger partial charge in [-0.2, -0.15) is 0 Å². The molecule has 1 N–H and O–H groups in total. The normalized spacial score (nSPS) is 9.83. The van der Waals surface area contributed by atoms with Gasteiger partial charge in [0.15, 0.2) is 0 Å². The van der Waals surface area contributed by atoms with Crippen LogP contribution in [0.4, 0.5) is 0 Å². The molecule has 1 aromatic rings. The van der Waals surface area contributed by atoms with E-state index < -0.39 is 0 Å². The third-order valence-electron chi connectivity index (χ3n) is 2.19. The van der Waals surface area contributed by atoms with E-state index in [9.17, 15) is 0 Å². The van der Waals surface area contributed by atoms with Crippen LogP contribution >= 0.6 is 0 Å². The van der Waals surface area contributed by atoms with Crippen LogP contribution in [0.2, 0.25) is 0 Å². The standard InChI is InChI=1S/C11H15N/c1-5-9-8(4)10(6-2)12-11(9)7-3/h5,7,12H,1,3,6H2,2,4H3. The van der Waals surface area contributed by atoms with Crippen LogP contribution in [0.25, 0.3) is 12.2 Å². The van der Waals surface area contributed by atoms with Crippen molar-refractivity contribution < 1.29 is 0 Å². The Morgan fingerprint density at radius 2 is 2.00 bits per heavy atom. The number of aromatic nitrogens is 1. The van der Waals surface area contributed by atoms with Gasteiger partial charge in [-0.1, -0.05) is 26.2 Å². The Hall–Kier alpha value is -1.24. The molecule has 64 valence electrons. The molecule has 0 amide bonds. The molecule has 1 nitrogen and oxygen atoms in total. The Morgan fingerprint density at radius 3 is 2.33 bits per heavy atom. The van der Waals surface area contributed by atoms with Gasteiger partial charge in [-0.25, -0.2) is 0 Å². The van der Waals surface area contributed by atoms with Crippen LogP contribution in [0.5, 0.6) is 0 Å². The van der Waals surface area contributed by atoms with E-state index in [1.165, 1.54) is 16.8 Å². The molecule has 12 heavy (non-hydrogen) atoms. The number of hydrogen-bond donors (Lipinski definition) is 1.